The molecule has 0 aromatic carbocycles. The van der Waals surface area contributed by atoms with Crippen LogP contribution < -0.4 is 0 Å². The SMILES string of the molecule is CCCCc1ncccc1-c1c2nc(c(-c3cccnc3CCCC)c3ccc([nH]3)c(-c3cccnc3CCCC)c3nc(c(-c4cccnc4CCCC)c4ccc1[nH]4)C=C3)C=C2. The van der Waals surface area contributed by atoms with Gasteiger partial charge in [0.15, 0.2) is 0 Å². The van der Waals surface area contributed by atoms with Crippen molar-refractivity contribution in [2.75, 3.05) is 0 Å². The number of H-pyrrole nitrogens is 2. The number of aryl methyl sites for hydroxylation is 4. The molecule has 2 N–H and O–H groups in total. The Morgan fingerprint density at radius 3 is 0.828 bits per heavy atom. The smallest absolute Gasteiger partial charge is 0.0737 e. The van der Waals surface area contributed by atoms with Crippen LogP contribution in [0.1, 0.15) is 125 Å². The van der Waals surface area contributed by atoms with E-state index in [4.69, 9.17) is 29.9 Å². The van der Waals surface area contributed by atoms with E-state index < -0.39 is 0 Å². The Morgan fingerprint density at radius 2 is 0.594 bits per heavy atom. The van der Waals surface area contributed by atoms with E-state index in [2.05, 4.69) is 110 Å². The summed E-state index contributed by atoms with van der Waals surface area (Å²) in [6.07, 6.45) is 28.4. The number of aromatic amines is 2. The lowest BCUT2D eigenvalue weighted by atomic mass is 9.99. The van der Waals surface area contributed by atoms with E-state index in [1.807, 2.05) is 49.1 Å². The number of hydrogen-bond acceptors (Lipinski definition) is 6. The number of aromatic nitrogens is 8. The molecule has 0 radical (unpaired) electrons. The monoisotopic (exact) mass is 842 g/mol. The van der Waals surface area contributed by atoms with Gasteiger partial charge in [-0.15, -0.1) is 0 Å². The zero-order chi connectivity index (χ0) is 43.8. The summed E-state index contributed by atoms with van der Waals surface area (Å²) < 4.78 is 0. The standard InChI is InChI=1S/C56H58N8/c1-5-9-21-41-37(17-13-33-57-41)53-45-25-27-47(61-45)54(38-18-14-34-58-42(38)22-10-6-2)49-29-31-51(63-49)56(40-20-16-36-60-44(40)24-12-8-4)52-32-30-50(64-52)55(48-28-26-46(53)62-48)39-19-15-35-59-43(39)23-11-7-3/h13-20,25-36,61,64H,5-12,21-24H2,1-4H3. The molecule has 0 amide bonds. The van der Waals surface area contributed by atoms with E-state index >= 15 is 0 Å². The summed E-state index contributed by atoms with van der Waals surface area (Å²) in [5, 5.41) is 0. The first kappa shape index (κ1) is 42.5. The predicted octanol–water partition coefficient (Wildman–Crippen LogP) is 14.3. The molecule has 0 spiro atoms. The van der Waals surface area contributed by atoms with Crippen LogP contribution in [0.15, 0.2) is 97.6 Å². The van der Waals surface area contributed by atoms with Crippen LogP contribution >= 0.6 is 0 Å². The summed E-state index contributed by atoms with van der Waals surface area (Å²) in [6, 6.07) is 25.8. The summed E-state index contributed by atoms with van der Waals surface area (Å²) in [7, 11) is 0. The first-order valence-corrected chi connectivity index (χ1v) is 23.5. The minimum Gasteiger partial charge on any atom is -0.354 e. The highest BCUT2D eigenvalue weighted by Crippen LogP contribution is 2.40. The molecule has 0 atom stereocenters. The summed E-state index contributed by atoms with van der Waals surface area (Å²) in [5.74, 6) is 0. The maximum absolute atomic E-state index is 5.61. The van der Waals surface area contributed by atoms with Crippen LogP contribution in [0.5, 0.6) is 0 Å². The van der Waals surface area contributed by atoms with Crippen LogP contribution in [0.25, 0.3) is 90.9 Å². The number of fused-ring (bicyclic) bond motifs is 8. The van der Waals surface area contributed by atoms with Crippen molar-refractivity contribution in [2.24, 2.45) is 0 Å². The Morgan fingerprint density at radius 1 is 0.344 bits per heavy atom. The zero-order valence-electron chi connectivity index (χ0n) is 37.7. The fourth-order valence-electron chi connectivity index (χ4n) is 9.18. The summed E-state index contributed by atoms with van der Waals surface area (Å²) >= 11 is 0. The second-order valence-corrected chi connectivity index (χ2v) is 16.9. The summed E-state index contributed by atoms with van der Waals surface area (Å²) in [4.78, 5) is 39.1. The van der Waals surface area contributed by atoms with Gasteiger partial charge in [-0.2, -0.15) is 0 Å². The minimum absolute atomic E-state index is 0.875. The second-order valence-electron chi connectivity index (χ2n) is 16.9. The number of rotatable bonds is 16. The molecule has 0 unspecified atom stereocenters. The van der Waals surface area contributed by atoms with Crippen molar-refractivity contribution in [1.82, 2.24) is 39.9 Å². The van der Waals surface area contributed by atoms with E-state index in [1.54, 1.807) is 0 Å². The van der Waals surface area contributed by atoms with Crippen LogP contribution in [-0.2, 0) is 25.7 Å². The molecule has 7 aromatic rings. The highest BCUT2D eigenvalue weighted by molar-refractivity contribution is 6.00. The van der Waals surface area contributed by atoms with Gasteiger partial charge in [0, 0.05) is 114 Å². The molecule has 0 saturated carbocycles. The third-order valence-electron chi connectivity index (χ3n) is 12.5. The lowest BCUT2D eigenvalue weighted by Gasteiger charge is -2.12. The normalized spacial score (nSPS) is 12.1. The van der Waals surface area contributed by atoms with Crippen molar-refractivity contribution in [3.8, 4) is 44.5 Å². The fourth-order valence-corrected chi connectivity index (χ4v) is 9.18. The average molecular weight is 843 g/mol. The van der Waals surface area contributed by atoms with Gasteiger partial charge in [-0.3, -0.25) is 19.9 Å². The molecular formula is C56H58N8. The van der Waals surface area contributed by atoms with Gasteiger partial charge in [-0.1, -0.05) is 77.6 Å². The number of nitrogens with zero attached hydrogens (tertiary/aromatic N) is 6. The van der Waals surface area contributed by atoms with Crippen LogP contribution in [0.2, 0.25) is 0 Å². The van der Waals surface area contributed by atoms with Crippen LogP contribution in [0.4, 0.5) is 0 Å². The van der Waals surface area contributed by atoms with Gasteiger partial charge in [0.1, 0.15) is 0 Å². The lowest BCUT2D eigenvalue weighted by Crippen LogP contribution is -1.98. The van der Waals surface area contributed by atoms with Gasteiger partial charge < -0.3 is 9.97 Å². The first-order chi connectivity index (χ1) is 31.6. The molecule has 9 rings (SSSR count). The molecule has 8 nitrogen and oxygen atoms in total. The van der Waals surface area contributed by atoms with E-state index in [1.165, 1.54) is 0 Å². The van der Waals surface area contributed by atoms with Crippen molar-refractivity contribution < 1.29 is 0 Å². The van der Waals surface area contributed by atoms with Crippen molar-refractivity contribution in [1.29, 1.82) is 0 Å². The largest absolute Gasteiger partial charge is 0.354 e. The lowest BCUT2D eigenvalue weighted by molar-refractivity contribution is 0.778. The van der Waals surface area contributed by atoms with Gasteiger partial charge in [-0.25, -0.2) is 9.97 Å². The topological polar surface area (TPSA) is 109 Å². The fraction of sp³-hybridized carbons (Fsp3) is 0.286. The molecular weight excluding hydrogens is 785 g/mol. The predicted molar refractivity (Wildman–Crippen MR) is 266 cm³/mol. The highest BCUT2D eigenvalue weighted by atomic mass is 14.8. The molecule has 8 heteroatoms. The molecule has 64 heavy (non-hydrogen) atoms. The van der Waals surface area contributed by atoms with Gasteiger partial charge in [-0.05, 0) is 124 Å². The molecule has 8 bridgehead atoms. The van der Waals surface area contributed by atoms with Crippen molar-refractivity contribution in [3.63, 3.8) is 0 Å². The number of unbranched alkanes of at least 4 members (excludes halogenated alkanes) is 4. The zero-order valence-corrected chi connectivity index (χ0v) is 37.7. The van der Waals surface area contributed by atoms with Crippen molar-refractivity contribution in [3.05, 3.63) is 143 Å². The van der Waals surface area contributed by atoms with Crippen molar-refractivity contribution >= 4 is 46.4 Å². The van der Waals surface area contributed by atoms with Crippen LogP contribution in [-0.4, -0.2) is 39.9 Å². The van der Waals surface area contributed by atoms with Crippen LogP contribution in [0, 0.1) is 0 Å². The number of pyridine rings is 4. The van der Waals surface area contributed by atoms with Gasteiger partial charge in [0.2, 0.25) is 0 Å². The van der Waals surface area contributed by atoms with E-state index in [-0.39, 0.29) is 0 Å². The number of hydrogen-bond donors (Lipinski definition) is 2. The molecule has 2 aliphatic rings. The maximum atomic E-state index is 5.61. The number of nitrogens with one attached hydrogen (secondary N) is 2. The molecule has 9 heterocycles. The molecule has 0 aliphatic carbocycles. The van der Waals surface area contributed by atoms with Gasteiger partial charge >= 0.3 is 0 Å². The Kier molecular flexibility index (Phi) is 13.1. The van der Waals surface area contributed by atoms with Crippen molar-refractivity contribution in [2.45, 2.75) is 105 Å². The molecule has 0 saturated heterocycles. The molecule has 0 fully saturated rings. The van der Waals surface area contributed by atoms with Crippen LogP contribution in [0.3, 0.4) is 0 Å². The summed E-state index contributed by atoms with van der Waals surface area (Å²) in [5.41, 5.74) is 20.1. The van der Waals surface area contributed by atoms with Gasteiger partial charge in [0.25, 0.3) is 0 Å². The Bertz CT molecular complexity index is 2620. The Labute approximate surface area is 377 Å². The van der Waals surface area contributed by atoms with Gasteiger partial charge in [0.05, 0.1) is 22.8 Å². The average Bonchev–Trinajstić information content (AvgIpc) is 4.19. The second kappa shape index (κ2) is 19.7. The third kappa shape index (κ3) is 8.61. The Balaban J connectivity index is 1.46. The van der Waals surface area contributed by atoms with E-state index in [9.17, 15) is 0 Å². The third-order valence-corrected chi connectivity index (χ3v) is 12.5. The highest BCUT2D eigenvalue weighted by Gasteiger charge is 2.23. The maximum Gasteiger partial charge on any atom is 0.0737 e. The molecule has 322 valence electrons. The van der Waals surface area contributed by atoms with E-state index in [0.717, 1.165) is 189 Å². The molecule has 2 aliphatic heterocycles. The van der Waals surface area contributed by atoms with E-state index in [0.29, 0.717) is 0 Å². The Hall–Kier alpha value is -6.80. The minimum atomic E-state index is 0.875. The first-order valence-electron chi connectivity index (χ1n) is 23.5. The quantitative estimate of drug-likeness (QED) is 0.100. The summed E-state index contributed by atoms with van der Waals surface area (Å²) in [6.45, 7) is 8.93. The molecule has 7 aromatic heterocycles.